The molecule has 1 rings (SSSR count). The minimum atomic E-state index is 0.0497. The van der Waals surface area contributed by atoms with E-state index in [0.29, 0.717) is 12.1 Å². The molecule has 0 aromatic heterocycles. The molecule has 0 spiro atoms. The van der Waals surface area contributed by atoms with Gasteiger partial charge in [0.05, 0.1) is 5.60 Å². The Labute approximate surface area is 94.1 Å². The maximum Gasteiger partial charge on any atom is 0.0641 e. The third kappa shape index (κ3) is 4.80. The Morgan fingerprint density at radius 1 is 1.60 bits per heavy atom. The van der Waals surface area contributed by atoms with E-state index in [0.717, 1.165) is 25.9 Å². The van der Waals surface area contributed by atoms with E-state index in [-0.39, 0.29) is 5.60 Å². The van der Waals surface area contributed by atoms with Gasteiger partial charge in [-0.2, -0.15) is 0 Å². The summed E-state index contributed by atoms with van der Waals surface area (Å²) in [5.41, 5.74) is 0.0497. The predicted molar refractivity (Wildman–Crippen MR) is 65.1 cm³/mol. The predicted octanol–water partition coefficient (Wildman–Crippen LogP) is 2.89. The van der Waals surface area contributed by atoms with E-state index in [1.807, 2.05) is 6.08 Å². The van der Waals surface area contributed by atoms with Gasteiger partial charge in [-0.25, -0.2) is 0 Å². The van der Waals surface area contributed by atoms with E-state index >= 15 is 0 Å². The standard InChI is InChI=1S/C13H25NO/c1-5-6-7-11(2)14-12-8-9-15-13(3,4)10-12/h5,11-12,14H,1,6-10H2,2-4H3/t11-,12+/m0/s1. The van der Waals surface area contributed by atoms with Gasteiger partial charge in [-0.3, -0.25) is 0 Å². The van der Waals surface area contributed by atoms with Crippen molar-refractivity contribution < 1.29 is 4.74 Å². The first-order chi connectivity index (χ1) is 7.03. The second-order valence-electron chi connectivity index (χ2n) is 5.23. The number of rotatable bonds is 5. The van der Waals surface area contributed by atoms with Gasteiger partial charge in [-0.05, 0) is 46.5 Å². The van der Waals surface area contributed by atoms with E-state index in [2.05, 4.69) is 32.7 Å². The first kappa shape index (κ1) is 12.7. The Morgan fingerprint density at radius 2 is 2.33 bits per heavy atom. The average Bonchev–Trinajstić information content (AvgIpc) is 2.13. The molecule has 1 aliphatic rings. The molecule has 2 atom stereocenters. The Hall–Kier alpha value is -0.340. The molecular formula is C13H25NO. The topological polar surface area (TPSA) is 21.3 Å². The minimum Gasteiger partial charge on any atom is -0.375 e. The van der Waals surface area contributed by atoms with Crippen molar-refractivity contribution in [3.05, 3.63) is 12.7 Å². The fraction of sp³-hybridized carbons (Fsp3) is 0.846. The van der Waals surface area contributed by atoms with E-state index in [4.69, 9.17) is 4.74 Å². The van der Waals surface area contributed by atoms with Crippen LogP contribution in [0.3, 0.4) is 0 Å². The van der Waals surface area contributed by atoms with Crippen LogP contribution < -0.4 is 5.32 Å². The number of nitrogens with one attached hydrogen (secondary N) is 1. The largest absolute Gasteiger partial charge is 0.375 e. The normalized spacial score (nSPS) is 27.3. The summed E-state index contributed by atoms with van der Waals surface area (Å²) in [6, 6.07) is 1.20. The Kier molecular flexibility index (Phi) is 4.81. The van der Waals surface area contributed by atoms with Crippen LogP contribution in [0.25, 0.3) is 0 Å². The summed E-state index contributed by atoms with van der Waals surface area (Å²) in [4.78, 5) is 0. The Balaban J connectivity index is 2.28. The van der Waals surface area contributed by atoms with Crippen molar-refractivity contribution in [3.63, 3.8) is 0 Å². The van der Waals surface area contributed by atoms with Gasteiger partial charge in [-0.1, -0.05) is 6.08 Å². The minimum absolute atomic E-state index is 0.0497. The van der Waals surface area contributed by atoms with Crippen LogP contribution in [0.1, 0.15) is 46.5 Å². The molecule has 0 saturated carbocycles. The molecule has 0 bridgehead atoms. The van der Waals surface area contributed by atoms with Gasteiger partial charge in [0, 0.05) is 18.7 Å². The van der Waals surface area contributed by atoms with Crippen LogP contribution >= 0.6 is 0 Å². The van der Waals surface area contributed by atoms with Crippen molar-refractivity contribution in [2.75, 3.05) is 6.61 Å². The quantitative estimate of drug-likeness (QED) is 0.706. The molecule has 1 aliphatic heterocycles. The van der Waals surface area contributed by atoms with Crippen LogP contribution in [0, 0.1) is 0 Å². The molecule has 2 nitrogen and oxygen atoms in total. The molecule has 15 heavy (non-hydrogen) atoms. The molecule has 1 saturated heterocycles. The van der Waals surface area contributed by atoms with Crippen LogP contribution in [0.5, 0.6) is 0 Å². The van der Waals surface area contributed by atoms with Crippen LogP contribution in [0.4, 0.5) is 0 Å². The average molecular weight is 211 g/mol. The highest BCUT2D eigenvalue weighted by Crippen LogP contribution is 2.24. The fourth-order valence-corrected chi connectivity index (χ4v) is 2.23. The summed E-state index contributed by atoms with van der Waals surface area (Å²) in [5, 5.41) is 3.68. The molecule has 0 aromatic rings. The van der Waals surface area contributed by atoms with Crippen molar-refractivity contribution in [1.29, 1.82) is 0 Å². The van der Waals surface area contributed by atoms with Gasteiger partial charge >= 0.3 is 0 Å². The van der Waals surface area contributed by atoms with Gasteiger partial charge in [-0.15, -0.1) is 6.58 Å². The van der Waals surface area contributed by atoms with Crippen LogP contribution in [-0.2, 0) is 4.74 Å². The fourth-order valence-electron chi connectivity index (χ4n) is 2.23. The summed E-state index contributed by atoms with van der Waals surface area (Å²) in [6.45, 7) is 11.3. The first-order valence-corrected chi connectivity index (χ1v) is 6.04. The molecule has 2 heteroatoms. The molecule has 0 aliphatic carbocycles. The summed E-state index contributed by atoms with van der Waals surface area (Å²) in [6.07, 6.45) is 6.53. The van der Waals surface area contributed by atoms with Gasteiger partial charge in [0.1, 0.15) is 0 Å². The van der Waals surface area contributed by atoms with E-state index in [9.17, 15) is 0 Å². The summed E-state index contributed by atoms with van der Waals surface area (Å²) in [7, 11) is 0. The van der Waals surface area contributed by atoms with Crippen molar-refractivity contribution >= 4 is 0 Å². The number of ether oxygens (including phenoxy) is 1. The van der Waals surface area contributed by atoms with Crippen molar-refractivity contribution in [1.82, 2.24) is 5.32 Å². The SMILES string of the molecule is C=CCC[C@H](C)N[C@@H]1CCOC(C)(C)C1. The monoisotopic (exact) mass is 211 g/mol. The van der Waals surface area contributed by atoms with Gasteiger partial charge in [0.2, 0.25) is 0 Å². The molecule has 88 valence electrons. The molecule has 0 unspecified atom stereocenters. The zero-order chi connectivity index (χ0) is 11.3. The maximum absolute atomic E-state index is 5.70. The highest BCUT2D eigenvalue weighted by molar-refractivity contribution is 4.84. The van der Waals surface area contributed by atoms with Crippen LogP contribution in [-0.4, -0.2) is 24.3 Å². The molecular weight excluding hydrogens is 186 g/mol. The molecule has 0 radical (unpaired) electrons. The highest BCUT2D eigenvalue weighted by atomic mass is 16.5. The Morgan fingerprint density at radius 3 is 2.93 bits per heavy atom. The van der Waals surface area contributed by atoms with Crippen LogP contribution in [0.2, 0.25) is 0 Å². The van der Waals surface area contributed by atoms with Crippen molar-refractivity contribution in [3.8, 4) is 0 Å². The Bertz CT molecular complexity index is 201. The smallest absolute Gasteiger partial charge is 0.0641 e. The number of allylic oxidation sites excluding steroid dienone is 1. The molecule has 0 aromatic carbocycles. The highest BCUT2D eigenvalue weighted by Gasteiger charge is 2.28. The number of hydrogen-bond acceptors (Lipinski definition) is 2. The lowest BCUT2D eigenvalue weighted by Gasteiger charge is -2.37. The maximum atomic E-state index is 5.70. The third-order valence-electron chi connectivity index (χ3n) is 3.02. The zero-order valence-corrected chi connectivity index (χ0v) is 10.4. The lowest BCUT2D eigenvalue weighted by Crippen LogP contribution is -2.46. The molecule has 1 heterocycles. The van der Waals surface area contributed by atoms with E-state index < -0.39 is 0 Å². The molecule has 1 N–H and O–H groups in total. The second-order valence-corrected chi connectivity index (χ2v) is 5.23. The number of hydrogen-bond donors (Lipinski definition) is 1. The molecule has 0 amide bonds. The summed E-state index contributed by atoms with van der Waals surface area (Å²) >= 11 is 0. The summed E-state index contributed by atoms with van der Waals surface area (Å²) < 4.78 is 5.70. The lowest BCUT2D eigenvalue weighted by molar-refractivity contribution is -0.0640. The zero-order valence-electron chi connectivity index (χ0n) is 10.4. The van der Waals surface area contributed by atoms with E-state index in [1.165, 1.54) is 6.42 Å². The second kappa shape index (κ2) is 5.66. The van der Waals surface area contributed by atoms with Crippen molar-refractivity contribution in [2.45, 2.75) is 64.1 Å². The van der Waals surface area contributed by atoms with Gasteiger partial charge in [0.15, 0.2) is 0 Å². The first-order valence-electron chi connectivity index (χ1n) is 6.04. The van der Waals surface area contributed by atoms with Gasteiger partial charge in [0.25, 0.3) is 0 Å². The molecule has 1 fully saturated rings. The third-order valence-corrected chi connectivity index (χ3v) is 3.02. The van der Waals surface area contributed by atoms with Gasteiger partial charge < -0.3 is 10.1 Å². The van der Waals surface area contributed by atoms with Crippen molar-refractivity contribution in [2.24, 2.45) is 0 Å². The lowest BCUT2D eigenvalue weighted by atomic mass is 9.93. The van der Waals surface area contributed by atoms with Crippen LogP contribution in [0.15, 0.2) is 12.7 Å². The van der Waals surface area contributed by atoms with E-state index in [1.54, 1.807) is 0 Å². The summed E-state index contributed by atoms with van der Waals surface area (Å²) in [5.74, 6) is 0.